The molecule has 0 fully saturated rings. The van der Waals surface area contributed by atoms with Crippen molar-refractivity contribution >= 4 is 28.0 Å². The van der Waals surface area contributed by atoms with Crippen LogP contribution in [0.15, 0.2) is 70.3 Å². The summed E-state index contributed by atoms with van der Waals surface area (Å²) >= 11 is 0. The molecule has 8 heteroatoms. The first-order chi connectivity index (χ1) is 14.0. The Morgan fingerprint density at radius 3 is 2.45 bits per heavy atom. The Kier molecular flexibility index (Phi) is 3.60. The van der Waals surface area contributed by atoms with Crippen molar-refractivity contribution in [1.29, 1.82) is 0 Å². The van der Waals surface area contributed by atoms with E-state index in [4.69, 9.17) is 0 Å². The third-order valence-corrected chi connectivity index (χ3v) is 5.23. The van der Waals surface area contributed by atoms with Gasteiger partial charge in [0.2, 0.25) is 0 Å². The molecular weight excluding hydrogens is 372 g/mol. The van der Waals surface area contributed by atoms with Crippen molar-refractivity contribution in [1.82, 2.24) is 9.97 Å². The van der Waals surface area contributed by atoms with Crippen LogP contribution in [0.4, 0.5) is 17.2 Å². The first kappa shape index (κ1) is 16.9. The zero-order valence-electron chi connectivity index (χ0n) is 14.9. The SMILES string of the molecule is O=c1[nH]c2c(c(=O)[nH]1)C(c1ccccc1[N+](=O)[O-])c1c(ccc3ccccc13)N2. The van der Waals surface area contributed by atoms with E-state index in [0.717, 1.165) is 16.3 Å². The van der Waals surface area contributed by atoms with Gasteiger partial charge in [-0.2, -0.15) is 0 Å². The minimum Gasteiger partial charge on any atom is -0.341 e. The second kappa shape index (κ2) is 6.16. The summed E-state index contributed by atoms with van der Waals surface area (Å²) in [5, 5.41) is 16.7. The van der Waals surface area contributed by atoms with E-state index < -0.39 is 22.1 Å². The highest BCUT2D eigenvalue weighted by Crippen LogP contribution is 2.47. The molecule has 1 unspecified atom stereocenters. The monoisotopic (exact) mass is 386 g/mol. The van der Waals surface area contributed by atoms with Crippen LogP contribution < -0.4 is 16.6 Å². The standard InChI is InChI=1S/C21H14N4O4/c26-20-18-17(13-7-3-4-8-15(13)25(28)29)16-12-6-2-1-5-11(12)9-10-14(16)22-19(18)23-21(27)24-20/h1-10,17H,(H3,22,23,24,26,27). The molecule has 0 amide bonds. The Labute approximate surface area is 163 Å². The maximum Gasteiger partial charge on any atom is 0.327 e. The third kappa shape index (κ3) is 2.53. The van der Waals surface area contributed by atoms with E-state index in [0.29, 0.717) is 11.3 Å². The van der Waals surface area contributed by atoms with Crippen molar-refractivity contribution in [3.63, 3.8) is 0 Å². The second-order valence-corrected chi connectivity index (χ2v) is 6.82. The van der Waals surface area contributed by atoms with Gasteiger partial charge in [-0.15, -0.1) is 0 Å². The van der Waals surface area contributed by atoms with Gasteiger partial charge in [-0.1, -0.05) is 48.5 Å². The van der Waals surface area contributed by atoms with Gasteiger partial charge in [0.05, 0.1) is 16.4 Å². The largest absolute Gasteiger partial charge is 0.341 e. The van der Waals surface area contributed by atoms with E-state index in [1.165, 1.54) is 6.07 Å². The van der Waals surface area contributed by atoms with Gasteiger partial charge in [0.25, 0.3) is 11.2 Å². The van der Waals surface area contributed by atoms with Gasteiger partial charge in [-0.3, -0.25) is 24.9 Å². The average molecular weight is 386 g/mol. The molecule has 0 radical (unpaired) electrons. The molecule has 0 saturated heterocycles. The molecule has 5 rings (SSSR count). The molecule has 0 aliphatic carbocycles. The molecule has 0 bridgehead atoms. The van der Waals surface area contributed by atoms with Crippen molar-refractivity contribution in [2.24, 2.45) is 0 Å². The molecule has 2 heterocycles. The zero-order valence-corrected chi connectivity index (χ0v) is 14.9. The fourth-order valence-corrected chi connectivity index (χ4v) is 4.07. The summed E-state index contributed by atoms with van der Waals surface area (Å²) in [4.78, 5) is 40.8. The van der Waals surface area contributed by atoms with Crippen LogP contribution in [0.3, 0.4) is 0 Å². The lowest BCUT2D eigenvalue weighted by molar-refractivity contribution is -0.385. The van der Waals surface area contributed by atoms with Crippen LogP contribution in [0.1, 0.15) is 22.6 Å². The number of nitro benzene ring substituents is 1. The Morgan fingerprint density at radius 2 is 1.62 bits per heavy atom. The van der Waals surface area contributed by atoms with Gasteiger partial charge >= 0.3 is 5.69 Å². The number of rotatable bonds is 2. The molecule has 29 heavy (non-hydrogen) atoms. The molecule has 3 N–H and O–H groups in total. The zero-order chi connectivity index (χ0) is 20.1. The number of anilines is 2. The Bertz CT molecular complexity index is 1420. The number of aromatic nitrogens is 2. The van der Waals surface area contributed by atoms with Gasteiger partial charge in [0.15, 0.2) is 0 Å². The van der Waals surface area contributed by atoms with Crippen molar-refractivity contribution in [2.75, 3.05) is 5.32 Å². The molecule has 1 atom stereocenters. The number of nitro groups is 1. The summed E-state index contributed by atoms with van der Waals surface area (Å²) in [7, 11) is 0. The van der Waals surface area contributed by atoms with Crippen LogP contribution in [0.2, 0.25) is 0 Å². The van der Waals surface area contributed by atoms with E-state index >= 15 is 0 Å². The van der Waals surface area contributed by atoms with Crippen LogP contribution >= 0.6 is 0 Å². The fourth-order valence-electron chi connectivity index (χ4n) is 4.07. The quantitative estimate of drug-likeness (QED) is 0.317. The first-order valence-corrected chi connectivity index (χ1v) is 8.93. The highest BCUT2D eigenvalue weighted by molar-refractivity contribution is 5.94. The molecule has 1 aromatic heterocycles. The minimum absolute atomic E-state index is 0.0881. The van der Waals surface area contributed by atoms with Crippen LogP contribution in [0.25, 0.3) is 10.8 Å². The molecule has 1 aliphatic rings. The lowest BCUT2D eigenvalue weighted by atomic mass is 9.79. The number of para-hydroxylation sites is 1. The number of nitrogens with zero attached hydrogens (tertiary/aromatic N) is 1. The Balaban J connectivity index is 1.94. The lowest BCUT2D eigenvalue weighted by Gasteiger charge is -2.29. The summed E-state index contributed by atoms with van der Waals surface area (Å²) in [5.74, 6) is -0.487. The number of aromatic amines is 2. The van der Waals surface area contributed by atoms with Crippen LogP contribution in [-0.2, 0) is 0 Å². The molecule has 0 saturated carbocycles. The number of hydrogen-bond acceptors (Lipinski definition) is 5. The van der Waals surface area contributed by atoms with Gasteiger partial charge in [0, 0.05) is 17.3 Å². The summed E-state index contributed by atoms with van der Waals surface area (Å²) in [6.45, 7) is 0. The van der Waals surface area contributed by atoms with E-state index in [-0.39, 0.29) is 17.1 Å². The third-order valence-electron chi connectivity index (χ3n) is 5.23. The van der Waals surface area contributed by atoms with Crippen molar-refractivity contribution in [3.05, 3.63) is 108 Å². The van der Waals surface area contributed by atoms with Gasteiger partial charge in [-0.05, 0) is 22.4 Å². The number of benzene rings is 3. The van der Waals surface area contributed by atoms with Crippen molar-refractivity contribution in [2.45, 2.75) is 5.92 Å². The van der Waals surface area contributed by atoms with E-state index in [1.807, 2.05) is 36.4 Å². The van der Waals surface area contributed by atoms with E-state index in [9.17, 15) is 19.7 Å². The predicted octanol–water partition coefficient (Wildman–Crippen LogP) is 3.36. The first-order valence-electron chi connectivity index (χ1n) is 8.93. The average Bonchev–Trinajstić information content (AvgIpc) is 2.71. The maximum absolute atomic E-state index is 12.8. The van der Waals surface area contributed by atoms with Crippen molar-refractivity contribution < 1.29 is 4.92 Å². The molecule has 4 aromatic rings. The normalized spacial score (nSPS) is 14.7. The molecule has 142 valence electrons. The summed E-state index contributed by atoms with van der Waals surface area (Å²) in [6, 6.07) is 17.8. The molecular formula is C21H14N4O4. The summed E-state index contributed by atoms with van der Waals surface area (Å²) < 4.78 is 0. The van der Waals surface area contributed by atoms with E-state index in [2.05, 4.69) is 15.3 Å². The molecule has 0 spiro atoms. The minimum atomic E-state index is -0.727. The van der Waals surface area contributed by atoms with Crippen LogP contribution in [-0.4, -0.2) is 14.9 Å². The molecule has 1 aliphatic heterocycles. The molecule has 3 aromatic carbocycles. The number of hydrogen-bond donors (Lipinski definition) is 3. The van der Waals surface area contributed by atoms with Gasteiger partial charge < -0.3 is 5.32 Å². The van der Waals surface area contributed by atoms with Crippen LogP contribution in [0, 0.1) is 10.1 Å². The summed E-state index contributed by atoms with van der Waals surface area (Å²) in [5.41, 5.74) is 0.737. The smallest absolute Gasteiger partial charge is 0.327 e. The lowest BCUT2D eigenvalue weighted by Crippen LogP contribution is -2.32. The topological polar surface area (TPSA) is 121 Å². The highest BCUT2D eigenvalue weighted by Gasteiger charge is 2.35. The number of H-pyrrole nitrogens is 2. The number of fused-ring (bicyclic) bond motifs is 4. The van der Waals surface area contributed by atoms with Crippen LogP contribution in [0.5, 0.6) is 0 Å². The Morgan fingerprint density at radius 1 is 0.862 bits per heavy atom. The second-order valence-electron chi connectivity index (χ2n) is 6.82. The fraction of sp³-hybridized carbons (Fsp3) is 0.0476. The summed E-state index contributed by atoms with van der Waals surface area (Å²) in [6.07, 6.45) is 0. The Hall–Kier alpha value is -4.20. The number of nitrogens with one attached hydrogen (secondary N) is 3. The molecule has 8 nitrogen and oxygen atoms in total. The van der Waals surface area contributed by atoms with Gasteiger partial charge in [-0.25, -0.2) is 4.79 Å². The highest BCUT2D eigenvalue weighted by atomic mass is 16.6. The predicted molar refractivity (Wildman–Crippen MR) is 109 cm³/mol. The van der Waals surface area contributed by atoms with Gasteiger partial charge in [0.1, 0.15) is 5.82 Å². The van der Waals surface area contributed by atoms with E-state index in [1.54, 1.807) is 18.2 Å². The van der Waals surface area contributed by atoms with Crippen molar-refractivity contribution in [3.8, 4) is 0 Å². The maximum atomic E-state index is 12.8.